The molecule has 0 amide bonds. The van der Waals surface area contributed by atoms with Crippen molar-refractivity contribution in [2.75, 3.05) is 0 Å². The van der Waals surface area contributed by atoms with Crippen molar-refractivity contribution in [2.24, 2.45) is 52.3 Å². The second-order valence-corrected chi connectivity index (χ2v) is 11.4. The van der Waals surface area contributed by atoms with Crippen LogP contribution in [0.2, 0.25) is 0 Å². The molecule has 0 aromatic carbocycles. The van der Waals surface area contributed by atoms with E-state index in [1.165, 1.54) is 6.42 Å². The minimum absolute atomic E-state index is 0.0311. The minimum Gasteiger partial charge on any atom is -0.393 e. The molecule has 6 aliphatic carbocycles. The number of aliphatic hydroxyl groups is 3. The Labute approximate surface area is 156 Å². The molecule has 3 N–H and O–H groups in total. The fourth-order valence-corrected chi connectivity index (χ4v) is 9.60. The maximum absolute atomic E-state index is 11.8. The molecule has 12 atom stereocenters. The topological polar surface area (TPSA) is 60.7 Å². The smallest absolute Gasteiger partial charge is 0.0912 e. The van der Waals surface area contributed by atoms with Crippen LogP contribution in [0.5, 0.6) is 0 Å². The lowest BCUT2D eigenvalue weighted by molar-refractivity contribution is -0.233. The molecule has 3 heteroatoms. The minimum atomic E-state index is -0.685. The van der Waals surface area contributed by atoms with Crippen LogP contribution in [0, 0.1) is 52.3 Å². The molecule has 6 rings (SSSR count). The third kappa shape index (κ3) is 1.50. The van der Waals surface area contributed by atoms with Crippen molar-refractivity contribution in [3.05, 3.63) is 12.7 Å². The van der Waals surface area contributed by atoms with Crippen molar-refractivity contribution in [2.45, 2.75) is 76.1 Å². The number of hydrogen-bond donors (Lipinski definition) is 3. The first-order chi connectivity index (χ1) is 12.2. The van der Waals surface area contributed by atoms with E-state index in [-0.39, 0.29) is 16.9 Å². The van der Waals surface area contributed by atoms with Crippen molar-refractivity contribution in [1.29, 1.82) is 0 Å². The third-order valence-electron chi connectivity index (χ3n) is 11.0. The molecular weight excluding hydrogens is 324 g/mol. The molecule has 26 heavy (non-hydrogen) atoms. The van der Waals surface area contributed by atoms with Crippen molar-refractivity contribution >= 4 is 0 Å². The Bertz CT molecular complexity index is 691. The van der Waals surface area contributed by atoms with Gasteiger partial charge in [-0.3, -0.25) is 0 Å². The van der Waals surface area contributed by atoms with Gasteiger partial charge in [-0.2, -0.15) is 0 Å². The van der Waals surface area contributed by atoms with Crippen molar-refractivity contribution in [1.82, 2.24) is 0 Å². The summed E-state index contributed by atoms with van der Waals surface area (Å²) in [6.07, 6.45) is 8.40. The van der Waals surface area contributed by atoms with Gasteiger partial charge in [-0.05, 0) is 85.4 Å². The molecule has 0 spiro atoms. The lowest BCUT2D eigenvalue weighted by atomic mass is 9.42. The van der Waals surface area contributed by atoms with Gasteiger partial charge < -0.3 is 15.3 Å². The van der Waals surface area contributed by atoms with Crippen molar-refractivity contribution < 1.29 is 15.3 Å². The number of rotatable bonds is 1. The predicted octanol–water partition coefficient (Wildman–Crippen LogP) is 3.13. The van der Waals surface area contributed by atoms with Crippen LogP contribution < -0.4 is 0 Å². The highest BCUT2D eigenvalue weighted by atomic mass is 16.3. The van der Waals surface area contributed by atoms with Gasteiger partial charge in [0.05, 0.1) is 17.3 Å². The zero-order valence-electron chi connectivity index (χ0n) is 16.2. The van der Waals surface area contributed by atoms with E-state index in [4.69, 9.17) is 0 Å². The number of fused-ring (bicyclic) bond motifs is 10. The molecule has 6 fully saturated rings. The maximum Gasteiger partial charge on any atom is 0.0912 e. The fourth-order valence-electron chi connectivity index (χ4n) is 9.60. The molecule has 0 heterocycles. The van der Waals surface area contributed by atoms with Gasteiger partial charge in [0.15, 0.2) is 0 Å². The summed E-state index contributed by atoms with van der Waals surface area (Å²) in [7, 11) is 0. The summed E-state index contributed by atoms with van der Waals surface area (Å²) in [4.78, 5) is 0. The van der Waals surface area contributed by atoms with E-state index in [0.717, 1.165) is 32.1 Å². The van der Waals surface area contributed by atoms with Crippen LogP contribution in [-0.4, -0.2) is 32.6 Å². The summed E-state index contributed by atoms with van der Waals surface area (Å²) in [6.45, 7) is 8.72. The molecule has 0 aliphatic heterocycles. The van der Waals surface area contributed by atoms with Gasteiger partial charge in [-0.1, -0.05) is 19.9 Å². The number of aliphatic hydroxyl groups excluding tert-OH is 1. The lowest BCUT2D eigenvalue weighted by Gasteiger charge is -2.64. The van der Waals surface area contributed by atoms with Crippen LogP contribution in [0.15, 0.2) is 12.7 Å². The Morgan fingerprint density at radius 3 is 2.35 bits per heavy atom. The fraction of sp³-hybridized carbons (Fsp3) is 0.913. The van der Waals surface area contributed by atoms with Crippen LogP contribution >= 0.6 is 0 Å². The Morgan fingerprint density at radius 1 is 0.923 bits per heavy atom. The van der Waals surface area contributed by atoms with Gasteiger partial charge in [-0.15, -0.1) is 6.58 Å². The van der Waals surface area contributed by atoms with Crippen LogP contribution in [0.25, 0.3) is 0 Å². The summed E-state index contributed by atoms with van der Waals surface area (Å²) in [5.74, 6) is 3.88. The highest BCUT2D eigenvalue weighted by Gasteiger charge is 2.80. The Morgan fingerprint density at radius 2 is 1.62 bits per heavy atom. The summed E-state index contributed by atoms with van der Waals surface area (Å²) in [6, 6.07) is 0. The van der Waals surface area contributed by atoms with E-state index in [9.17, 15) is 15.3 Å². The molecule has 0 saturated heterocycles. The second-order valence-electron chi connectivity index (χ2n) is 11.4. The first-order valence-corrected chi connectivity index (χ1v) is 11.0. The average Bonchev–Trinajstić information content (AvgIpc) is 3.49. The molecule has 6 saturated carbocycles. The van der Waals surface area contributed by atoms with E-state index in [1.54, 1.807) is 0 Å². The first kappa shape index (κ1) is 16.6. The second kappa shape index (κ2) is 4.44. The highest BCUT2D eigenvalue weighted by Crippen LogP contribution is 2.81. The van der Waals surface area contributed by atoms with Crippen LogP contribution in [-0.2, 0) is 0 Å². The first-order valence-electron chi connectivity index (χ1n) is 11.0. The zero-order chi connectivity index (χ0) is 18.3. The molecule has 1 unspecified atom stereocenters. The Balaban J connectivity index is 1.44. The average molecular weight is 359 g/mol. The quantitative estimate of drug-likeness (QED) is 0.631. The molecular formula is C23H34O3. The van der Waals surface area contributed by atoms with E-state index >= 15 is 0 Å². The molecule has 0 bridgehead atoms. The maximum atomic E-state index is 11.8. The summed E-state index contributed by atoms with van der Waals surface area (Å²) < 4.78 is 0. The van der Waals surface area contributed by atoms with Crippen molar-refractivity contribution in [3.63, 3.8) is 0 Å². The monoisotopic (exact) mass is 358 g/mol. The molecule has 0 radical (unpaired) electrons. The SMILES string of the molecule is C=C[C@]1(O)[C@H]2C[C@H]2C2[C@@H]3[C@H]4C[C@H]4[C@]4(O)C[C@@H](O)CC[C@]4(C)[C@H]3CC[C@@]21C. The van der Waals surface area contributed by atoms with E-state index < -0.39 is 11.2 Å². The Kier molecular flexibility index (Phi) is 2.83. The standard InChI is InChI=1S/C23H34O3/c1-4-22(25)17-10-14(17)19-18-13-9-16(13)23(26)11-12(24)5-7-20(23,2)15(18)6-8-21(19,22)3/h4,12-19,24-26H,1,5-11H2,2-3H3/t12-,13-,14+,15-,16+,17-,18+,19?,20+,21-,22-,23+/m0/s1. The van der Waals surface area contributed by atoms with Gasteiger partial charge in [0.2, 0.25) is 0 Å². The van der Waals surface area contributed by atoms with E-state index in [2.05, 4.69) is 20.4 Å². The van der Waals surface area contributed by atoms with Gasteiger partial charge in [0.1, 0.15) is 0 Å². The van der Waals surface area contributed by atoms with E-state index in [1.807, 2.05) is 6.08 Å². The van der Waals surface area contributed by atoms with Gasteiger partial charge >= 0.3 is 0 Å². The summed E-state index contributed by atoms with van der Waals surface area (Å²) >= 11 is 0. The van der Waals surface area contributed by atoms with Crippen LogP contribution in [0.1, 0.15) is 58.8 Å². The number of hydrogen-bond acceptors (Lipinski definition) is 3. The molecule has 0 aromatic rings. The third-order valence-corrected chi connectivity index (χ3v) is 11.0. The predicted molar refractivity (Wildman–Crippen MR) is 99.1 cm³/mol. The lowest BCUT2D eigenvalue weighted by Crippen LogP contribution is -2.65. The normalized spacial score (nSPS) is 70.2. The zero-order valence-corrected chi connectivity index (χ0v) is 16.2. The molecule has 0 aromatic heterocycles. The highest BCUT2D eigenvalue weighted by molar-refractivity contribution is 5.32. The summed E-state index contributed by atoms with van der Waals surface area (Å²) in [5, 5.41) is 33.6. The largest absolute Gasteiger partial charge is 0.393 e. The Hall–Kier alpha value is -0.380. The van der Waals surface area contributed by atoms with Gasteiger partial charge in [-0.25, -0.2) is 0 Å². The van der Waals surface area contributed by atoms with Crippen LogP contribution in [0.4, 0.5) is 0 Å². The molecule has 6 aliphatic rings. The molecule has 144 valence electrons. The van der Waals surface area contributed by atoms with E-state index in [0.29, 0.717) is 47.8 Å². The van der Waals surface area contributed by atoms with Gasteiger partial charge in [0, 0.05) is 11.8 Å². The van der Waals surface area contributed by atoms with Gasteiger partial charge in [0.25, 0.3) is 0 Å². The van der Waals surface area contributed by atoms with Crippen LogP contribution in [0.3, 0.4) is 0 Å². The molecule has 3 nitrogen and oxygen atoms in total. The van der Waals surface area contributed by atoms with Crippen molar-refractivity contribution in [3.8, 4) is 0 Å². The summed E-state index contributed by atoms with van der Waals surface area (Å²) in [5.41, 5.74) is -1.44.